The number of carbonyl (C=O) groups is 1. The first-order valence-corrected chi connectivity index (χ1v) is 9.25. The average Bonchev–Trinajstić information content (AvgIpc) is 3.26. The Kier molecular flexibility index (Phi) is 6.56. The molecule has 30 heavy (non-hydrogen) atoms. The first-order chi connectivity index (χ1) is 14.2. The molecule has 2 aromatic heterocycles. The summed E-state index contributed by atoms with van der Waals surface area (Å²) in [6.45, 7) is 8.29. The number of hydrogen-bond acceptors (Lipinski definition) is 8. The number of aromatic nitrogens is 3. The molecule has 2 atom stereocenters. The lowest BCUT2D eigenvalue weighted by Crippen LogP contribution is -2.51. The Hall–Kier alpha value is -2.73. The van der Waals surface area contributed by atoms with Crippen LogP contribution in [0.5, 0.6) is 0 Å². The van der Waals surface area contributed by atoms with Crippen molar-refractivity contribution in [1.29, 1.82) is 0 Å². The molecule has 0 aliphatic carbocycles. The molecule has 2 fully saturated rings. The van der Waals surface area contributed by atoms with Crippen LogP contribution in [0.2, 0.25) is 0 Å². The Morgan fingerprint density at radius 1 is 1.30 bits per heavy atom. The molecule has 2 aromatic rings. The van der Waals surface area contributed by atoms with Gasteiger partial charge in [0.25, 0.3) is 0 Å². The second-order valence-corrected chi connectivity index (χ2v) is 7.03. The van der Waals surface area contributed by atoms with Gasteiger partial charge in [-0.2, -0.15) is 13.2 Å². The summed E-state index contributed by atoms with van der Waals surface area (Å²) in [4.78, 5) is 22.3. The Balaban J connectivity index is 0.000000318. The Labute approximate surface area is 170 Å². The molecule has 2 aliphatic heterocycles. The highest BCUT2D eigenvalue weighted by Crippen LogP contribution is 2.28. The van der Waals surface area contributed by atoms with E-state index in [1.807, 2.05) is 20.0 Å². The summed E-state index contributed by atoms with van der Waals surface area (Å²) in [6, 6.07) is 0.320. The van der Waals surface area contributed by atoms with Gasteiger partial charge in [-0.1, -0.05) is 5.16 Å². The number of carboxylic acids is 1. The standard InChI is InChI=1S/C16H21N5O2.C2HF3O2/c1-11-13(12(2)23-19-11)8-20-9-14-15(10-20)22-6-5-21(14)16-7-17-3-4-18-16;3-2(4,5)1(6)7/h3-4,7,14-15H,5-6,8-10H2,1-2H3;(H,6,7)/t14-,15+;/m1./s1. The Bertz CT molecular complexity index is 842. The molecule has 9 nitrogen and oxygen atoms in total. The number of halogens is 3. The summed E-state index contributed by atoms with van der Waals surface area (Å²) in [5, 5.41) is 11.2. The number of carboxylic acid groups (broad SMARTS) is 1. The van der Waals surface area contributed by atoms with Gasteiger partial charge in [0, 0.05) is 44.1 Å². The maximum atomic E-state index is 10.6. The molecule has 0 bridgehead atoms. The normalized spacial score (nSPS) is 21.7. The van der Waals surface area contributed by atoms with Crippen LogP contribution in [0.1, 0.15) is 17.0 Å². The fraction of sp³-hybridized carbons (Fsp3) is 0.556. The number of aliphatic carboxylic acids is 1. The Morgan fingerprint density at radius 3 is 2.60 bits per heavy atom. The summed E-state index contributed by atoms with van der Waals surface area (Å²) < 4.78 is 43.0. The molecule has 0 amide bonds. The lowest BCUT2D eigenvalue weighted by molar-refractivity contribution is -0.192. The topological polar surface area (TPSA) is 105 Å². The number of hydrogen-bond donors (Lipinski definition) is 1. The van der Waals surface area contributed by atoms with Crippen LogP contribution in [0.15, 0.2) is 23.1 Å². The summed E-state index contributed by atoms with van der Waals surface area (Å²) in [5.74, 6) is -0.915. The van der Waals surface area contributed by atoms with E-state index in [-0.39, 0.29) is 6.10 Å². The quantitative estimate of drug-likeness (QED) is 0.782. The van der Waals surface area contributed by atoms with Crippen molar-refractivity contribution in [2.45, 2.75) is 38.7 Å². The number of ether oxygens (including phenoxy) is 1. The molecule has 1 N–H and O–H groups in total. The number of morpholine rings is 1. The number of likely N-dealkylation sites (tertiary alicyclic amines) is 1. The van der Waals surface area contributed by atoms with Gasteiger partial charge in [0.15, 0.2) is 0 Å². The SMILES string of the molecule is Cc1noc(C)c1CN1C[C@@H]2OCCN(c3cnccn3)[C@@H]2C1.O=C(O)C(F)(F)F. The molecule has 2 aliphatic rings. The van der Waals surface area contributed by atoms with Crippen molar-refractivity contribution in [3.05, 3.63) is 35.6 Å². The van der Waals surface area contributed by atoms with Crippen molar-refractivity contribution < 1.29 is 32.3 Å². The van der Waals surface area contributed by atoms with Crippen molar-refractivity contribution in [3.63, 3.8) is 0 Å². The molecule has 0 unspecified atom stereocenters. The van der Waals surface area contributed by atoms with Crippen LogP contribution in [0, 0.1) is 13.8 Å². The fourth-order valence-electron chi connectivity index (χ4n) is 3.57. The number of fused-ring (bicyclic) bond motifs is 1. The second-order valence-electron chi connectivity index (χ2n) is 7.03. The van der Waals surface area contributed by atoms with Gasteiger partial charge in [-0.15, -0.1) is 0 Å². The minimum Gasteiger partial charge on any atom is -0.475 e. The number of nitrogens with zero attached hydrogens (tertiary/aromatic N) is 5. The molecular formula is C18H22F3N5O4. The summed E-state index contributed by atoms with van der Waals surface area (Å²) in [5.41, 5.74) is 2.17. The summed E-state index contributed by atoms with van der Waals surface area (Å²) >= 11 is 0. The Morgan fingerprint density at radius 2 is 2.03 bits per heavy atom. The third-order valence-corrected chi connectivity index (χ3v) is 5.03. The highest BCUT2D eigenvalue weighted by atomic mass is 19.4. The minimum atomic E-state index is -5.08. The fourth-order valence-corrected chi connectivity index (χ4v) is 3.57. The van der Waals surface area contributed by atoms with Crippen molar-refractivity contribution in [3.8, 4) is 0 Å². The van der Waals surface area contributed by atoms with Crippen LogP contribution < -0.4 is 4.90 Å². The molecular weight excluding hydrogens is 407 g/mol. The smallest absolute Gasteiger partial charge is 0.475 e. The first-order valence-electron chi connectivity index (χ1n) is 9.25. The van der Waals surface area contributed by atoms with Gasteiger partial charge < -0.3 is 19.3 Å². The zero-order chi connectivity index (χ0) is 21.9. The van der Waals surface area contributed by atoms with Crippen molar-refractivity contribution in [1.82, 2.24) is 20.0 Å². The van der Waals surface area contributed by atoms with Crippen LogP contribution in [0.4, 0.5) is 19.0 Å². The van der Waals surface area contributed by atoms with Crippen molar-refractivity contribution in [2.75, 3.05) is 31.1 Å². The van der Waals surface area contributed by atoms with Crippen molar-refractivity contribution >= 4 is 11.8 Å². The van der Waals surface area contributed by atoms with Crippen LogP contribution in [-0.4, -0.2) is 75.7 Å². The molecule has 0 aromatic carbocycles. The molecule has 12 heteroatoms. The lowest BCUT2D eigenvalue weighted by Gasteiger charge is -2.37. The van der Waals surface area contributed by atoms with Gasteiger partial charge in [0.1, 0.15) is 11.6 Å². The minimum absolute atomic E-state index is 0.214. The molecule has 0 radical (unpaired) electrons. The van der Waals surface area contributed by atoms with E-state index in [2.05, 4.69) is 24.9 Å². The zero-order valence-electron chi connectivity index (χ0n) is 16.5. The molecule has 4 heterocycles. The number of alkyl halides is 3. The van der Waals surface area contributed by atoms with Gasteiger partial charge in [-0.05, 0) is 13.8 Å². The van der Waals surface area contributed by atoms with E-state index in [9.17, 15) is 13.2 Å². The average molecular weight is 429 g/mol. The summed E-state index contributed by atoms with van der Waals surface area (Å²) in [7, 11) is 0. The van der Waals surface area contributed by atoms with Crippen LogP contribution in [0.25, 0.3) is 0 Å². The van der Waals surface area contributed by atoms with E-state index >= 15 is 0 Å². The van der Waals surface area contributed by atoms with E-state index in [0.717, 1.165) is 50.1 Å². The zero-order valence-corrected chi connectivity index (χ0v) is 16.5. The van der Waals surface area contributed by atoms with Crippen LogP contribution in [-0.2, 0) is 16.1 Å². The van der Waals surface area contributed by atoms with Gasteiger partial charge in [-0.25, -0.2) is 9.78 Å². The maximum Gasteiger partial charge on any atom is 0.490 e. The second kappa shape index (κ2) is 8.96. The third-order valence-electron chi connectivity index (χ3n) is 5.03. The first kappa shape index (κ1) is 22.0. The molecule has 0 spiro atoms. The number of rotatable bonds is 3. The van der Waals surface area contributed by atoms with E-state index in [0.29, 0.717) is 6.04 Å². The number of anilines is 1. The molecule has 2 saturated heterocycles. The predicted molar refractivity (Wildman–Crippen MR) is 97.9 cm³/mol. The largest absolute Gasteiger partial charge is 0.490 e. The van der Waals surface area contributed by atoms with E-state index in [1.165, 1.54) is 5.56 Å². The van der Waals surface area contributed by atoms with Crippen molar-refractivity contribution in [2.24, 2.45) is 0 Å². The highest BCUT2D eigenvalue weighted by molar-refractivity contribution is 5.73. The summed E-state index contributed by atoms with van der Waals surface area (Å²) in [6.07, 6.45) is 0.418. The van der Waals surface area contributed by atoms with Crippen LogP contribution >= 0.6 is 0 Å². The molecule has 164 valence electrons. The monoisotopic (exact) mass is 429 g/mol. The van der Waals surface area contributed by atoms with E-state index in [1.54, 1.807) is 12.4 Å². The molecule has 0 saturated carbocycles. The van der Waals surface area contributed by atoms with Gasteiger partial charge in [0.05, 0.1) is 30.6 Å². The third kappa shape index (κ3) is 5.05. The maximum absolute atomic E-state index is 10.6. The number of aryl methyl sites for hydroxylation is 2. The van der Waals surface area contributed by atoms with Gasteiger partial charge >= 0.3 is 12.1 Å². The highest BCUT2D eigenvalue weighted by Gasteiger charge is 2.41. The van der Waals surface area contributed by atoms with Crippen LogP contribution in [0.3, 0.4) is 0 Å². The lowest BCUT2D eigenvalue weighted by atomic mass is 10.1. The van der Waals surface area contributed by atoms with Gasteiger partial charge in [0.2, 0.25) is 0 Å². The van der Waals surface area contributed by atoms with E-state index in [4.69, 9.17) is 19.2 Å². The molecule has 4 rings (SSSR count). The van der Waals surface area contributed by atoms with E-state index < -0.39 is 12.1 Å². The predicted octanol–water partition coefficient (Wildman–Crippen LogP) is 1.80. The van der Waals surface area contributed by atoms with Gasteiger partial charge in [-0.3, -0.25) is 9.88 Å².